The highest BCUT2D eigenvalue weighted by Crippen LogP contribution is 2.28. The van der Waals surface area contributed by atoms with E-state index in [1.54, 1.807) is 7.11 Å². The Hall–Kier alpha value is -3.46. The summed E-state index contributed by atoms with van der Waals surface area (Å²) in [5.41, 5.74) is 3.78. The van der Waals surface area contributed by atoms with Gasteiger partial charge in [0.15, 0.2) is 0 Å². The van der Waals surface area contributed by atoms with Gasteiger partial charge in [0.05, 0.1) is 7.11 Å². The van der Waals surface area contributed by atoms with Crippen molar-refractivity contribution in [2.75, 3.05) is 7.11 Å². The highest BCUT2D eigenvalue weighted by atomic mass is 16.5. The van der Waals surface area contributed by atoms with Gasteiger partial charge >= 0.3 is 0 Å². The summed E-state index contributed by atoms with van der Waals surface area (Å²) < 4.78 is 10.1. The first-order chi connectivity index (χ1) is 13.8. The van der Waals surface area contributed by atoms with Gasteiger partial charge in [-0.2, -0.15) is 0 Å². The highest BCUT2D eigenvalue weighted by molar-refractivity contribution is 5.82. The van der Waals surface area contributed by atoms with Crippen molar-refractivity contribution in [1.29, 1.82) is 0 Å². The second kappa shape index (κ2) is 6.93. The molecule has 0 radical (unpaired) electrons. The van der Waals surface area contributed by atoms with Crippen molar-refractivity contribution in [2.45, 2.75) is 12.6 Å². The molecule has 28 heavy (non-hydrogen) atoms. The lowest BCUT2D eigenvalue weighted by Gasteiger charge is -2.24. The van der Waals surface area contributed by atoms with Crippen LogP contribution in [0.4, 0.5) is 0 Å². The SMILES string of the molecule is COc1ccc(CC(n2ccc3ccccc32)n2ccc3ccccc32)cc1. The van der Waals surface area contributed by atoms with Crippen LogP contribution in [-0.4, -0.2) is 16.2 Å². The van der Waals surface area contributed by atoms with Gasteiger partial charge in [-0.3, -0.25) is 0 Å². The molecule has 0 bridgehead atoms. The number of para-hydroxylation sites is 2. The van der Waals surface area contributed by atoms with Gasteiger partial charge in [-0.05, 0) is 52.7 Å². The molecular formula is C25H22N2O. The lowest BCUT2D eigenvalue weighted by molar-refractivity contribution is 0.414. The van der Waals surface area contributed by atoms with Crippen molar-refractivity contribution in [2.24, 2.45) is 0 Å². The largest absolute Gasteiger partial charge is 0.497 e. The minimum Gasteiger partial charge on any atom is -0.497 e. The van der Waals surface area contributed by atoms with E-state index in [1.165, 1.54) is 27.4 Å². The number of fused-ring (bicyclic) bond motifs is 2. The first kappa shape index (κ1) is 16.7. The number of ether oxygens (including phenoxy) is 1. The molecule has 0 amide bonds. The van der Waals surface area contributed by atoms with Crippen molar-refractivity contribution in [3.8, 4) is 5.75 Å². The zero-order valence-corrected chi connectivity index (χ0v) is 15.8. The number of rotatable bonds is 5. The predicted octanol–water partition coefficient (Wildman–Crippen LogP) is 5.89. The summed E-state index contributed by atoms with van der Waals surface area (Å²) in [6.07, 6.45) is 5.44. The van der Waals surface area contributed by atoms with E-state index >= 15 is 0 Å². The smallest absolute Gasteiger partial charge is 0.118 e. The van der Waals surface area contributed by atoms with Crippen molar-refractivity contribution < 1.29 is 4.74 Å². The van der Waals surface area contributed by atoms with E-state index in [0.29, 0.717) is 0 Å². The van der Waals surface area contributed by atoms with E-state index in [9.17, 15) is 0 Å². The van der Waals surface area contributed by atoms with Crippen LogP contribution in [0.15, 0.2) is 97.3 Å². The van der Waals surface area contributed by atoms with Gasteiger partial charge in [-0.25, -0.2) is 0 Å². The zero-order chi connectivity index (χ0) is 18.9. The molecule has 0 saturated carbocycles. The Labute approximate surface area is 164 Å². The molecule has 5 aromatic rings. The van der Waals surface area contributed by atoms with Crippen LogP contribution in [0.1, 0.15) is 11.7 Å². The van der Waals surface area contributed by atoms with Crippen LogP contribution in [0.3, 0.4) is 0 Å². The van der Waals surface area contributed by atoms with E-state index in [0.717, 1.165) is 12.2 Å². The lowest BCUT2D eigenvalue weighted by atomic mass is 10.1. The molecule has 0 spiro atoms. The van der Waals surface area contributed by atoms with Gasteiger partial charge in [0.2, 0.25) is 0 Å². The third kappa shape index (κ3) is 2.85. The number of nitrogens with zero attached hydrogens (tertiary/aromatic N) is 2. The standard InChI is InChI=1S/C25H22N2O/c1-28-22-12-10-19(11-13-22)18-25(26-16-14-20-6-2-4-8-23(20)26)27-17-15-21-7-3-5-9-24(21)27/h2-17,25H,18H2,1H3. The fraction of sp³-hybridized carbons (Fsp3) is 0.120. The maximum Gasteiger partial charge on any atom is 0.118 e. The average Bonchev–Trinajstić information content (AvgIpc) is 3.37. The van der Waals surface area contributed by atoms with Gasteiger partial charge < -0.3 is 13.9 Å². The first-order valence-electron chi connectivity index (χ1n) is 9.57. The van der Waals surface area contributed by atoms with Crippen LogP contribution in [0.2, 0.25) is 0 Å². The van der Waals surface area contributed by atoms with Gasteiger partial charge in [0.25, 0.3) is 0 Å². The summed E-state index contributed by atoms with van der Waals surface area (Å²) in [6, 6.07) is 29.9. The normalized spacial score (nSPS) is 11.5. The van der Waals surface area contributed by atoms with Crippen molar-refractivity contribution >= 4 is 21.8 Å². The number of hydrogen-bond donors (Lipinski definition) is 0. The third-order valence-electron chi connectivity index (χ3n) is 5.48. The van der Waals surface area contributed by atoms with Crippen LogP contribution in [0.25, 0.3) is 21.8 Å². The third-order valence-corrected chi connectivity index (χ3v) is 5.48. The minimum absolute atomic E-state index is 0.146. The summed E-state index contributed by atoms with van der Waals surface area (Å²) in [7, 11) is 1.70. The molecule has 3 heteroatoms. The molecular weight excluding hydrogens is 344 g/mol. The van der Waals surface area contributed by atoms with Gasteiger partial charge in [0, 0.05) is 29.8 Å². The number of hydrogen-bond acceptors (Lipinski definition) is 1. The summed E-state index contributed by atoms with van der Waals surface area (Å²) in [6.45, 7) is 0. The molecule has 2 aromatic heterocycles. The van der Waals surface area contributed by atoms with E-state index in [-0.39, 0.29) is 6.17 Å². The Morgan fingerprint density at radius 3 is 1.75 bits per heavy atom. The molecule has 0 atom stereocenters. The number of benzene rings is 3. The van der Waals surface area contributed by atoms with Crippen LogP contribution in [0.5, 0.6) is 5.75 Å². The molecule has 3 nitrogen and oxygen atoms in total. The summed E-state index contributed by atoms with van der Waals surface area (Å²) in [5.74, 6) is 0.887. The summed E-state index contributed by atoms with van der Waals surface area (Å²) in [4.78, 5) is 0. The molecule has 138 valence electrons. The van der Waals surface area contributed by atoms with E-state index in [2.05, 4.69) is 94.3 Å². The molecule has 3 aromatic carbocycles. The quantitative estimate of drug-likeness (QED) is 0.379. The summed E-state index contributed by atoms with van der Waals surface area (Å²) >= 11 is 0. The summed E-state index contributed by atoms with van der Waals surface area (Å²) in [5, 5.41) is 2.53. The molecule has 0 aliphatic heterocycles. The Kier molecular flexibility index (Phi) is 4.13. The van der Waals surface area contributed by atoms with Crippen LogP contribution in [0, 0.1) is 0 Å². The first-order valence-corrected chi connectivity index (χ1v) is 9.57. The molecule has 0 aliphatic carbocycles. The second-order valence-electron chi connectivity index (χ2n) is 7.10. The van der Waals surface area contributed by atoms with E-state index in [1.807, 2.05) is 12.1 Å². The zero-order valence-electron chi connectivity index (χ0n) is 15.8. The second-order valence-corrected chi connectivity index (χ2v) is 7.10. The Morgan fingerprint density at radius 2 is 1.21 bits per heavy atom. The Bertz CT molecular complexity index is 1160. The maximum absolute atomic E-state index is 5.32. The van der Waals surface area contributed by atoms with Gasteiger partial charge in [0.1, 0.15) is 11.9 Å². The molecule has 0 saturated heterocycles. The Morgan fingerprint density at radius 1 is 0.679 bits per heavy atom. The molecule has 0 fully saturated rings. The number of aromatic nitrogens is 2. The molecule has 0 aliphatic rings. The van der Waals surface area contributed by atoms with E-state index in [4.69, 9.17) is 4.74 Å². The van der Waals surface area contributed by atoms with Crippen molar-refractivity contribution in [3.05, 3.63) is 103 Å². The molecule has 5 rings (SSSR count). The van der Waals surface area contributed by atoms with Crippen molar-refractivity contribution in [3.63, 3.8) is 0 Å². The molecule has 0 unspecified atom stereocenters. The lowest BCUT2D eigenvalue weighted by Crippen LogP contribution is -2.19. The Balaban J connectivity index is 1.65. The fourth-order valence-electron chi connectivity index (χ4n) is 4.03. The highest BCUT2D eigenvalue weighted by Gasteiger charge is 2.17. The van der Waals surface area contributed by atoms with Crippen LogP contribution in [-0.2, 0) is 6.42 Å². The van der Waals surface area contributed by atoms with Crippen LogP contribution >= 0.6 is 0 Å². The minimum atomic E-state index is 0.146. The van der Waals surface area contributed by atoms with E-state index < -0.39 is 0 Å². The predicted molar refractivity (Wildman–Crippen MR) is 115 cm³/mol. The maximum atomic E-state index is 5.32. The van der Waals surface area contributed by atoms with Gasteiger partial charge in [-0.15, -0.1) is 0 Å². The topological polar surface area (TPSA) is 19.1 Å². The number of methoxy groups -OCH3 is 1. The molecule has 2 heterocycles. The van der Waals surface area contributed by atoms with Crippen molar-refractivity contribution in [1.82, 2.24) is 9.13 Å². The van der Waals surface area contributed by atoms with Crippen LogP contribution < -0.4 is 4.74 Å². The average molecular weight is 366 g/mol. The fourth-order valence-corrected chi connectivity index (χ4v) is 4.03. The molecule has 0 N–H and O–H groups in total. The van der Waals surface area contributed by atoms with Gasteiger partial charge in [-0.1, -0.05) is 48.5 Å². The monoisotopic (exact) mass is 366 g/mol.